The Morgan fingerprint density at radius 1 is 1.48 bits per heavy atom. The lowest BCUT2D eigenvalue weighted by atomic mass is 9.93. The van der Waals surface area contributed by atoms with Crippen molar-refractivity contribution in [3.05, 3.63) is 35.4 Å². The third-order valence-electron chi connectivity index (χ3n) is 3.94. The van der Waals surface area contributed by atoms with E-state index in [1.807, 2.05) is 0 Å². The van der Waals surface area contributed by atoms with Crippen molar-refractivity contribution < 1.29 is 4.79 Å². The summed E-state index contributed by atoms with van der Waals surface area (Å²) < 4.78 is 0. The molecule has 1 saturated carbocycles. The third-order valence-corrected chi connectivity index (χ3v) is 5.14. The van der Waals surface area contributed by atoms with E-state index in [4.69, 9.17) is 5.73 Å². The van der Waals surface area contributed by atoms with Crippen LogP contribution in [-0.2, 0) is 10.5 Å². The van der Waals surface area contributed by atoms with Gasteiger partial charge in [-0.2, -0.15) is 11.8 Å². The Kier molecular flexibility index (Phi) is 5.33. The van der Waals surface area contributed by atoms with Crippen LogP contribution in [-0.4, -0.2) is 23.2 Å². The van der Waals surface area contributed by atoms with Gasteiger partial charge in [-0.25, -0.2) is 0 Å². The van der Waals surface area contributed by atoms with Gasteiger partial charge in [0.05, 0.1) is 0 Å². The molecule has 0 aromatic heterocycles. The van der Waals surface area contributed by atoms with Gasteiger partial charge < -0.3 is 11.1 Å². The predicted molar refractivity (Wildman–Crippen MR) is 90.3 cm³/mol. The van der Waals surface area contributed by atoms with E-state index in [-0.39, 0.29) is 11.9 Å². The molecule has 1 aromatic rings. The Balaban J connectivity index is 2.00. The summed E-state index contributed by atoms with van der Waals surface area (Å²) in [7, 11) is 0. The first kappa shape index (κ1) is 16.4. The maximum atomic E-state index is 12.1. The number of nitrogens with two attached hydrogens (primary N) is 1. The predicted octanol–water partition coefficient (Wildman–Crippen LogP) is 2.86. The van der Waals surface area contributed by atoms with Gasteiger partial charge in [0.2, 0.25) is 5.91 Å². The van der Waals surface area contributed by atoms with Crippen molar-refractivity contribution in [1.82, 2.24) is 5.32 Å². The Hall–Kier alpha value is -1.00. The maximum Gasteiger partial charge on any atom is 0.238 e. The summed E-state index contributed by atoms with van der Waals surface area (Å²) in [5.41, 5.74) is 7.79. The van der Waals surface area contributed by atoms with Crippen LogP contribution >= 0.6 is 11.8 Å². The molecular formula is C17H26N2OS. The zero-order chi connectivity index (χ0) is 15.5. The van der Waals surface area contributed by atoms with Crippen LogP contribution in [0, 0.1) is 12.8 Å². The van der Waals surface area contributed by atoms with Gasteiger partial charge in [-0.1, -0.05) is 29.8 Å². The lowest BCUT2D eigenvalue weighted by Crippen LogP contribution is -2.61. The molecule has 3 N–H and O–H groups in total. The number of benzene rings is 1. The first-order valence-electron chi connectivity index (χ1n) is 7.65. The molecule has 0 aliphatic heterocycles. The number of hydrogen-bond donors (Lipinski definition) is 2. The highest BCUT2D eigenvalue weighted by Crippen LogP contribution is 2.42. The van der Waals surface area contributed by atoms with E-state index in [0.717, 1.165) is 24.3 Å². The molecule has 1 amide bonds. The minimum atomic E-state index is -0.539. The van der Waals surface area contributed by atoms with Gasteiger partial charge in [-0.15, -0.1) is 0 Å². The van der Waals surface area contributed by atoms with Crippen LogP contribution < -0.4 is 11.1 Å². The second-order valence-electron chi connectivity index (χ2n) is 6.39. The number of rotatable bonds is 8. The van der Waals surface area contributed by atoms with Crippen LogP contribution in [0.25, 0.3) is 0 Å². The Bertz CT molecular complexity index is 499. The molecule has 1 aliphatic carbocycles. The lowest BCUT2D eigenvalue weighted by Gasteiger charge is -2.34. The number of amides is 1. The Morgan fingerprint density at radius 3 is 2.71 bits per heavy atom. The number of carbonyl (C=O) groups excluding carboxylic acids is 1. The largest absolute Gasteiger partial charge is 0.368 e. The first-order valence-corrected chi connectivity index (χ1v) is 8.80. The van der Waals surface area contributed by atoms with Crippen LogP contribution in [0.3, 0.4) is 0 Å². The zero-order valence-electron chi connectivity index (χ0n) is 13.2. The van der Waals surface area contributed by atoms with Crippen LogP contribution in [0.1, 0.15) is 37.8 Å². The number of aryl methyl sites for hydroxylation is 1. The third kappa shape index (κ3) is 4.24. The van der Waals surface area contributed by atoms with Gasteiger partial charge in [0.1, 0.15) is 5.54 Å². The first-order chi connectivity index (χ1) is 9.94. The molecule has 1 atom stereocenters. The minimum absolute atomic E-state index is 0.199. The minimum Gasteiger partial charge on any atom is -0.368 e. The smallest absolute Gasteiger partial charge is 0.238 e. The van der Waals surface area contributed by atoms with Gasteiger partial charge in [-0.05, 0) is 45.1 Å². The lowest BCUT2D eigenvalue weighted by molar-refractivity contribution is -0.124. The van der Waals surface area contributed by atoms with Gasteiger partial charge >= 0.3 is 0 Å². The normalized spacial score (nSPS) is 17.7. The van der Waals surface area contributed by atoms with Crippen molar-refractivity contribution in [3.8, 4) is 0 Å². The molecule has 1 aromatic carbocycles. The summed E-state index contributed by atoms with van der Waals surface area (Å²) in [6.45, 7) is 6.25. The molecule has 0 heterocycles. The van der Waals surface area contributed by atoms with E-state index in [2.05, 4.69) is 50.4 Å². The highest BCUT2D eigenvalue weighted by molar-refractivity contribution is 7.98. The van der Waals surface area contributed by atoms with Crippen LogP contribution in [0.5, 0.6) is 0 Å². The average Bonchev–Trinajstić information content (AvgIpc) is 3.21. The molecule has 4 heteroatoms. The molecule has 0 radical (unpaired) electrons. The molecule has 3 nitrogen and oxygen atoms in total. The SMILES string of the molecule is Cc1cccc(CSCC(NC(C)C)(C(N)=O)C2CC2)c1. The van der Waals surface area contributed by atoms with Crippen molar-refractivity contribution in [3.63, 3.8) is 0 Å². The van der Waals surface area contributed by atoms with E-state index in [1.165, 1.54) is 11.1 Å². The van der Waals surface area contributed by atoms with E-state index in [0.29, 0.717) is 5.92 Å². The van der Waals surface area contributed by atoms with Crippen molar-refractivity contribution in [2.45, 2.75) is 50.9 Å². The summed E-state index contributed by atoms with van der Waals surface area (Å²) in [5, 5.41) is 3.46. The molecular weight excluding hydrogens is 280 g/mol. The van der Waals surface area contributed by atoms with Gasteiger partial charge in [0.15, 0.2) is 0 Å². The Morgan fingerprint density at radius 2 is 2.19 bits per heavy atom. The van der Waals surface area contributed by atoms with Gasteiger partial charge in [-0.3, -0.25) is 4.79 Å². The molecule has 0 bridgehead atoms. The Labute approximate surface area is 132 Å². The van der Waals surface area contributed by atoms with Crippen molar-refractivity contribution in [1.29, 1.82) is 0 Å². The van der Waals surface area contributed by atoms with E-state index < -0.39 is 5.54 Å². The van der Waals surface area contributed by atoms with E-state index >= 15 is 0 Å². The molecule has 1 fully saturated rings. The fourth-order valence-corrected chi connectivity index (χ4v) is 4.14. The molecule has 2 rings (SSSR count). The summed E-state index contributed by atoms with van der Waals surface area (Å²) >= 11 is 1.80. The number of hydrogen-bond acceptors (Lipinski definition) is 3. The molecule has 21 heavy (non-hydrogen) atoms. The maximum absolute atomic E-state index is 12.1. The van der Waals surface area contributed by atoms with Gasteiger partial charge in [0, 0.05) is 17.5 Å². The second-order valence-corrected chi connectivity index (χ2v) is 7.38. The molecule has 116 valence electrons. The highest BCUT2D eigenvalue weighted by atomic mass is 32.2. The van der Waals surface area contributed by atoms with Gasteiger partial charge in [0.25, 0.3) is 0 Å². The van der Waals surface area contributed by atoms with Crippen molar-refractivity contribution in [2.24, 2.45) is 11.7 Å². The highest BCUT2D eigenvalue weighted by Gasteiger charge is 2.49. The molecule has 1 unspecified atom stereocenters. The topological polar surface area (TPSA) is 55.1 Å². The zero-order valence-corrected chi connectivity index (χ0v) is 14.0. The van der Waals surface area contributed by atoms with Crippen molar-refractivity contribution in [2.75, 3.05) is 5.75 Å². The van der Waals surface area contributed by atoms with E-state index in [9.17, 15) is 4.79 Å². The number of thioether (sulfide) groups is 1. The molecule has 0 saturated heterocycles. The van der Waals surface area contributed by atoms with Crippen LogP contribution in [0.2, 0.25) is 0 Å². The monoisotopic (exact) mass is 306 g/mol. The number of nitrogens with one attached hydrogen (secondary N) is 1. The summed E-state index contributed by atoms with van der Waals surface area (Å²) in [4.78, 5) is 12.1. The quantitative estimate of drug-likeness (QED) is 0.776. The second kappa shape index (κ2) is 6.84. The van der Waals surface area contributed by atoms with E-state index in [1.54, 1.807) is 11.8 Å². The fourth-order valence-electron chi connectivity index (χ4n) is 2.84. The fraction of sp³-hybridized carbons (Fsp3) is 0.588. The number of primary amides is 1. The summed E-state index contributed by atoms with van der Waals surface area (Å²) in [6, 6.07) is 8.79. The van der Waals surface area contributed by atoms with Crippen LogP contribution in [0.15, 0.2) is 24.3 Å². The van der Waals surface area contributed by atoms with Crippen LogP contribution in [0.4, 0.5) is 0 Å². The van der Waals surface area contributed by atoms with Crippen molar-refractivity contribution >= 4 is 17.7 Å². The average molecular weight is 306 g/mol. The molecule has 1 aliphatic rings. The summed E-state index contributed by atoms with van der Waals surface area (Å²) in [5.74, 6) is 1.88. The molecule has 0 spiro atoms. The standard InChI is InChI=1S/C17H26N2OS/c1-12(2)19-17(16(18)20,15-7-8-15)11-21-10-14-6-4-5-13(3)9-14/h4-6,9,12,15,19H,7-8,10-11H2,1-3H3,(H2,18,20). The number of carbonyl (C=O) groups is 1. The summed E-state index contributed by atoms with van der Waals surface area (Å²) in [6.07, 6.45) is 2.21.